The Morgan fingerprint density at radius 3 is 2.12 bits per heavy atom. The van der Waals surface area contributed by atoms with E-state index in [2.05, 4.69) is 6.58 Å². The lowest BCUT2D eigenvalue weighted by Crippen LogP contribution is -2.60. The molecule has 0 amide bonds. The molecule has 0 saturated carbocycles. The highest BCUT2D eigenvalue weighted by molar-refractivity contribution is 5.86. The molecule has 0 radical (unpaired) electrons. The summed E-state index contributed by atoms with van der Waals surface area (Å²) in [7, 11) is 0. The van der Waals surface area contributed by atoms with Crippen molar-refractivity contribution in [1.82, 2.24) is 0 Å². The zero-order chi connectivity index (χ0) is 24.4. The molecule has 0 aliphatic carbocycles. The third-order valence-electron chi connectivity index (χ3n) is 5.44. The van der Waals surface area contributed by atoms with Gasteiger partial charge in [0.15, 0.2) is 11.6 Å². The van der Waals surface area contributed by atoms with Crippen molar-refractivity contribution < 1.29 is 52.3 Å². The van der Waals surface area contributed by atoms with Crippen molar-refractivity contribution in [3.8, 4) is 0 Å². The fourth-order valence-electron chi connectivity index (χ4n) is 4.17. The van der Waals surface area contributed by atoms with Crippen LogP contribution >= 0.6 is 0 Å². The smallest absolute Gasteiger partial charge is 0.333 e. The largest absolute Gasteiger partial charge is 0.466 e. The van der Waals surface area contributed by atoms with Gasteiger partial charge in [-0.2, -0.15) is 0 Å². The van der Waals surface area contributed by atoms with E-state index < -0.39 is 53.6 Å². The van der Waals surface area contributed by atoms with Crippen molar-refractivity contribution >= 4 is 17.9 Å². The van der Waals surface area contributed by atoms with E-state index in [1.807, 2.05) is 0 Å². The molecule has 0 spiro atoms. The Morgan fingerprint density at radius 1 is 0.939 bits per heavy atom. The number of rotatable bonds is 9. The van der Waals surface area contributed by atoms with Gasteiger partial charge in [0.1, 0.15) is 24.9 Å². The molecule has 11 nitrogen and oxygen atoms in total. The normalized spacial score (nSPS) is 37.1. The van der Waals surface area contributed by atoms with Gasteiger partial charge >= 0.3 is 17.9 Å². The second-order valence-electron chi connectivity index (χ2n) is 8.59. The van der Waals surface area contributed by atoms with Gasteiger partial charge in [0.2, 0.25) is 5.79 Å². The highest BCUT2D eigenvalue weighted by atomic mass is 16.9. The van der Waals surface area contributed by atoms with Crippen molar-refractivity contribution in [2.45, 2.75) is 83.1 Å². The van der Waals surface area contributed by atoms with E-state index in [0.717, 1.165) is 0 Å². The molecule has 6 atom stereocenters. The van der Waals surface area contributed by atoms with Crippen molar-refractivity contribution in [3.63, 3.8) is 0 Å². The van der Waals surface area contributed by atoms with Crippen LogP contribution in [0.5, 0.6) is 0 Å². The van der Waals surface area contributed by atoms with Crippen molar-refractivity contribution in [2.75, 3.05) is 26.4 Å². The fourth-order valence-corrected chi connectivity index (χ4v) is 4.17. The number of esters is 3. The quantitative estimate of drug-likeness (QED) is 0.274. The average molecular weight is 472 g/mol. The van der Waals surface area contributed by atoms with Gasteiger partial charge in [-0.15, -0.1) is 0 Å². The SMILES string of the molecule is C=C(C)C(=O)OC[C@]12OC[C@H]3OC(C)(CC(=O)OCC)O[C@H]3[C@@H]1OC(C)(CC(=O)OCC)O2. The lowest BCUT2D eigenvalue weighted by atomic mass is 9.97. The van der Waals surface area contributed by atoms with E-state index >= 15 is 0 Å². The highest BCUT2D eigenvalue weighted by Gasteiger charge is 2.67. The molecule has 3 saturated heterocycles. The third kappa shape index (κ3) is 5.55. The summed E-state index contributed by atoms with van der Waals surface area (Å²) < 4.78 is 45.7. The Kier molecular flexibility index (Phi) is 7.49. The van der Waals surface area contributed by atoms with Crippen LogP contribution in [0.1, 0.15) is 47.5 Å². The molecular formula is C22H32O11. The molecule has 0 bridgehead atoms. The van der Waals surface area contributed by atoms with Crippen LogP contribution in [0.25, 0.3) is 0 Å². The first-order valence-electron chi connectivity index (χ1n) is 11.0. The molecule has 0 N–H and O–H groups in total. The van der Waals surface area contributed by atoms with Crippen LogP contribution in [0.4, 0.5) is 0 Å². The van der Waals surface area contributed by atoms with Crippen LogP contribution in [-0.2, 0) is 52.3 Å². The predicted octanol–water partition coefficient (Wildman–Crippen LogP) is 1.37. The van der Waals surface area contributed by atoms with E-state index in [9.17, 15) is 14.4 Å². The standard InChI is InChI=1S/C22H32O11/c1-7-26-15(23)9-20(5)30-14-11-29-22(12-28-19(25)13(3)4)18(17(14)31-20)32-21(6,33-22)10-16(24)27-8-2/h14,17-18H,3,7-12H2,1-2,4-6H3/t14-,17-,18+,20?,21?,22-/m1/s1. The first kappa shape index (κ1) is 25.6. The molecule has 0 aromatic carbocycles. The summed E-state index contributed by atoms with van der Waals surface area (Å²) in [6.07, 6.45) is -2.62. The van der Waals surface area contributed by atoms with Gasteiger partial charge in [-0.1, -0.05) is 6.58 Å². The van der Waals surface area contributed by atoms with E-state index in [-0.39, 0.29) is 44.8 Å². The summed E-state index contributed by atoms with van der Waals surface area (Å²) in [5.41, 5.74) is 0.201. The van der Waals surface area contributed by atoms with Crippen LogP contribution in [0, 0.1) is 0 Å². The molecule has 11 heteroatoms. The summed E-state index contributed by atoms with van der Waals surface area (Å²) in [5, 5.41) is 0. The Balaban J connectivity index is 1.83. The monoisotopic (exact) mass is 472 g/mol. The molecule has 2 unspecified atom stereocenters. The summed E-state index contributed by atoms with van der Waals surface area (Å²) in [4.78, 5) is 36.3. The number of hydrogen-bond acceptors (Lipinski definition) is 11. The Hall–Kier alpha value is -2.05. The predicted molar refractivity (Wildman–Crippen MR) is 109 cm³/mol. The van der Waals surface area contributed by atoms with Gasteiger partial charge in [-0.25, -0.2) is 4.79 Å². The van der Waals surface area contributed by atoms with Gasteiger partial charge in [-0.3, -0.25) is 9.59 Å². The molecule has 3 fully saturated rings. The summed E-state index contributed by atoms with van der Waals surface area (Å²) in [6, 6.07) is 0. The summed E-state index contributed by atoms with van der Waals surface area (Å²) in [5.74, 6) is -5.92. The lowest BCUT2D eigenvalue weighted by Gasteiger charge is -2.40. The van der Waals surface area contributed by atoms with Crippen LogP contribution in [0.2, 0.25) is 0 Å². The second kappa shape index (κ2) is 9.67. The number of carbonyl (C=O) groups excluding carboxylic acids is 3. The molecule has 3 heterocycles. The van der Waals surface area contributed by atoms with Gasteiger partial charge < -0.3 is 37.9 Å². The molecule has 3 rings (SSSR count). The van der Waals surface area contributed by atoms with Crippen molar-refractivity contribution in [1.29, 1.82) is 0 Å². The Bertz CT molecular complexity index is 797. The van der Waals surface area contributed by atoms with E-state index in [1.54, 1.807) is 27.7 Å². The molecule has 0 aromatic heterocycles. The molecular weight excluding hydrogens is 440 g/mol. The van der Waals surface area contributed by atoms with E-state index in [0.29, 0.717) is 0 Å². The van der Waals surface area contributed by atoms with Crippen molar-refractivity contribution in [2.24, 2.45) is 0 Å². The minimum atomic E-state index is -1.56. The maximum atomic E-state index is 12.2. The van der Waals surface area contributed by atoms with Crippen LogP contribution in [0.15, 0.2) is 12.2 Å². The molecule has 3 aliphatic rings. The van der Waals surface area contributed by atoms with Crippen LogP contribution in [0.3, 0.4) is 0 Å². The van der Waals surface area contributed by atoms with Gasteiger partial charge in [0.05, 0.1) is 32.7 Å². The number of fused-ring (bicyclic) bond motifs is 3. The summed E-state index contributed by atoms with van der Waals surface area (Å²) >= 11 is 0. The zero-order valence-electron chi connectivity index (χ0n) is 19.7. The number of hydrogen-bond donors (Lipinski definition) is 0. The van der Waals surface area contributed by atoms with Crippen LogP contribution in [-0.4, -0.2) is 80.0 Å². The maximum absolute atomic E-state index is 12.2. The summed E-state index contributed by atoms with van der Waals surface area (Å²) in [6.45, 7) is 11.8. The van der Waals surface area contributed by atoms with E-state index in [1.165, 1.54) is 6.92 Å². The third-order valence-corrected chi connectivity index (χ3v) is 5.44. The minimum Gasteiger partial charge on any atom is -0.466 e. The molecule has 0 aromatic rings. The first-order valence-corrected chi connectivity index (χ1v) is 11.0. The minimum absolute atomic E-state index is 0.0169. The van der Waals surface area contributed by atoms with Gasteiger partial charge in [-0.05, 0) is 34.6 Å². The van der Waals surface area contributed by atoms with Crippen LogP contribution < -0.4 is 0 Å². The Morgan fingerprint density at radius 2 is 1.55 bits per heavy atom. The highest BCUT2D eigenvalue weighted by Crippen LogP contribution is 2.49. The van der Waals surface area contributed by atoms with Crippen molar-refractivity contribution in [3.05, 3.63) is 12.2 Å². The Labute approximate surface area is 192 Å². The average Bonchev–Trinajstić information content (AvgIpc) is 3.19. The lowest BCUT2D eigenvalue weighted by molar-refractivity contribution is -0.298. The van der Waals surface area contributed by atoms with E-state index in [4.69, 9.17) is 37.9 Å². The zero-order valence-corrected chi connectivity index (χ0v) is 19.7. The fraction of sp³-hybridized carbons (Fsp3) is 0.773. The molecule has 186 valence electrons. The topological polar surface area (TPSA) is 125 Å². The number of ether oxygens (including phenoxy) is 8. The second-order valence-corrected chi connectivity index (χ2v) is 8.59. The maximum Gasteiger partial charge on any atom is 0.333 e. The number of carbonyl (C=O) groups is 3. The first-order chi connectivity index (χ1) is 15.4. The van der Waals surface area contributed by atoms with Gasteiger partial charge in [0.25, 0.3) is 0 Å². The van der Waals surface area contributed by atoms with Gasteiger partial charge in [0, 0.05) is 5.57 Å². The molecule has 33 heavy (non-hydrogen) atoms. The molecule has 3 aliphatic heterocycles.